The number of carbonyl (C=O) groups is 2. The molecule has 0 saturated heterocycles. The Labute approximate surface area is 178 Å². The predicted octanol–water partition coefficient (Wildman–Crippen LogP) is 4.93. The molecule has 0 radical (unpaired) electrons. The normalized spacial score (nSPS) is 11.9. The molecule has 2 aromatic rings. The highest BCUT2D eigenvalue weighted by Crippen LogP contribution is 2.26. The molecule has 0 spiro atoms. The fraction of sp³-hybridized carbons (Fsp3) is 0.417. The molecule has 6 heteroatoms. The zero-order chi connectivity index (χ0) is 22.4. The van der Waals surface area contributed by atoms with Crippen LogP contribution in [0.1, 0.15) is 50.0 Å². The van der Waals surface area contributed by atoms with Crippen LogP contribution in [0.15, 0.2) is 42.5 Å². The molecule has 2 amide bonds. The van der Waals surface area contributed by atoms with E-state index >= 15 is 0 Å². The van der Waals surface area contributed by atoms with Gasteiger partial charge in [-0.15, -0.1) is 0 Å². The molecule has 0 aliphatic carbocycles. The first kappa shape index (κ1) is 23.4. The van der Waals surface area contributed by atoms with Crippen molar-refractivity contribution in [1.29, 1.82) is 0 Å². The summed E-state index contributed by atoms with van der Waals surface area (Å²) in [5.74, 6) is -0.835. The minimum Gasteiger partial charge on any atom is -0.377 e. The second-order valence-corrected chi connectivity index (χ2v) is 8.08. The Morgan fingerprint density at radius 3 is 2.33 bits per heavy atom. The van der Waals surface area contributed by atoms with Gasteiger partial charge in [0.25, 0.3) is 5.91 Å². The van der Waals surface area contributed by atoms with Crippen molar-refractivity contribution in [3.05, 3.63) is 59.4 Å². The number of anilines is 2. The number of rotatable bonds is 8. The van der Waals surface area contributed by atoms with Gasteiger partial charge in [0.05, 0.1) is 0 Å². The van der Waals surface area contributed by atoms with Crippen LogP contribution in [0.4, 0.5) is 15.8 Å². The number of benzene rings is 2. The Bertz CT molecular complexity index is 896. The summed E-state index contributed by atoms with van der Waals surface area (Å²) in [7, 11) is 3.89. The lowest BCUT2D eigenvalue weighted by atomic mass is 10.1. The van der Waals surface area contributed by atoms with Crippen molar-refractivity contribution in [3.8, 4) is 0 Å². The van der Waals surface area contributed by atoms with Crippen LogP contribution < -0.4 is 10.2 Å². The van der Waals surface area contributed by atoms with E-state index in [1.54, 1.807) is 6.07 Å². The molecule has 0 bridgehead atoms. The molecular formula is C24H32FN3O2. The maximum Gasteiger partial charge on any atom is 0.255 e. The number of amides is 2. The molecule has 30 heavy (non-hydrogen) atoms. The number of carbonyl (C=O) groups excluding carboxylic acids is 2. The van der Waals surface area contributed by atoms with Crippen LogP contribution in [-0.2, 0) is 11.3 Å². The summed E-state index contributed by atoms with van der Waals surface area (Å²) in [5, 5.41) is 2.83. The zero-order valence-corrected chi connectivity index (χ0v) is 18.7. The Hall–Kier alpha value is -2.89. The highest BCUT2D eigenvalue weighted by molar-refractivity contribution is 6.04. The topological polar surface area (TPSA) is 52.7 Å². The largest absolute Gasteiger partial charge is 0.377 e. The van der Waals surface area contributed by atoms with E-state index in [1.807, 2.05) is 62.9 Å². The molecule has 0 aliphatic heterocycles. The van der Waals surface area contributed by atoms with Crippen LogP contribution in [0.25, 0.3) is 0 Å². The molecule has 162 valence electrons. The number of hydrogen-bond acceptors (Lipinski definition) is 3. The van der Waals surface area contributed by atoms with E-state index in [-0.39, 0.29) is 29.3 Å². The van der Waals surface area contributed by atoms with Crippen LogP contribution in [0, 0.1) is 11.7 Å². The van der Waals surface area contributed by atoms with E-state index in [4.69, 9.17) is 0 Å². The Kier molecular flexibility index (Phi) is 7.98. The number of halogens is 1. The third-order valence-corrected chi connectivity index (χ3v) is 5.15. The van der Waals surface area contributed by atoms with Gasteiger partial charge in [0.1, 0.15) is 5.82 Å². The predicted molar refractivity (Wildman–Crippen MR) is 120 cm³/mol. The first-order chi connectivity index (χ1) is 14.1. The molecule has 0 aliphatic rings. The number of nitrogens with zero attached hydrogens (tertiary/aromatic N) is 2. The van der Waals surface area contributed by atoms with Gasteiger partial charge in [0.2, 0.25) is 5.91 Å². The van der Waals surface area contributed by atoms with Crippen molar-refractivity contribution in [1.82, 2.24) is 4.90 Å². The first-order valence-electron chi connectivity index (χ1n) is 10.3. The van der Waals surface area contributed by atoms with Gasteiger partial charge >= 0.3 is 0 Å². The summed E-state index contributed by atoms with van der Waals surface area (Å²) in [4.78, 5) is 29.2. The molecule has 5 nitrogen and oxygen atoms in total. The van der Waals surface area contributed by atoms with Gasteiger partial charge in [-0.25, -0.2) is 4.39 Å². The summed E-state index contributed by atoms with van der Waals surface area (Å²) in [5.41, 5.74) is 2.77. The van der Waals surface area contributed by atoms with Gasteiger partial charge in [0, 0.05) is 49.5 Å². The number of nitrogens with one attached hydrogen (secondary N) is 1. The summed E-state index contributed by atoms with van der Waals surface area (Å²) < 4.78 is 13.4. The van der Waals surface area contributed by atoms with Gasteiger partial charge in [-0.2, -0.15) is 0 Å². The zero-order valence-electron chi connectivity index (χ0n) is 18.7. The van der Waals surface area contributed by atoms with Crippen LogP contribution in [0.2, 0.25) is 0 Å². The lowest BCUT2D eigenvalue weighted by Gasteiger charge is -2.32. The Morgan fingerprint density at radius 1 is 1.07 bits per heavy atom. The van der Waals surface area contributed by atoms with Crippen molar-refractivity contribution < 1.29 is 14.0 Å². The molecule has 2 aromatic carbocycles. The maximum absolute atomic E-state index is 13.4. The average Bonchev–Trinajstić information content (AvgIpc) is 2.70. The summed E-state index contributed by atoms with van der Waals surface area (Å²) in [6.07, 6.45) is 0.853. The van der Waals surface area contributed by atoms with Gasteiger partial charge in [-0.3, -0.25) is 9.59 Å². The molecule has 2 rings (SSSR count). The fourth-order valence-electron chi connectivity index (χ4n) is 3.25. The summed E-state index contributed by atoms with van der Waals surface area (Å²) >= 11 is 0. The molecule has 0 heterocycles. The van der Waals surface area contributed by atoms with Gasteiger partial charge in [-0.1, -0.05) is 26.8 Å². The Morgan fingerprint density at radius 2 is 1.77 bits per heavy atom. The highest BCUT2D eigenvalue weighted by Gasteiger charge is 2.23. The SMILES string of the molecule is CC[C@H](C)N(Cc1cc(NC(=O)c2cccc(F)c2)ccc1N(C)C)C(=O)C(C)C. The molecular weight excluding hydrogens is 381 g/mol. The van der Waals surface area contributed by atoms with E-state index in [0.29, 0.717) is 12.2 Å². The van der Waals surface area contributed by atoms with Crippen molar-refractivity contribution in [2.75, 3.05) is 24.3 Å². The van der Waals surface area contributed by atoms with E-state index < -0.39 is 5.82 Å². The summed E-state index contributed by atoms with van der Waals surface area (Å²) in [6.45, 7) is 8.36. The quantitative estimate of drug-likeness (QED) is 0.668. The molecule has 1 N–H and O–H groups in total. The van der Waals surface area contributed by atoms with Crippen LogP contribution >= 0.6 is 0 Å². The van der Waals surface area contributed by atoms with Crippen LogP contribution in [-0.4, -0.2) is 36.9 Å². The van der Waals surface area contributed by atoms with Crippen molar-refractivity contribution >= 4 is 23.2 Å². The average molecular weight is 414 g/mol. The van der Waals surface area contributed by atoms with E-state index in [0.717, 1.165) is 17.7 Å². The highest BCUT2D eigenvalue weighted by atomic mass is 19.1. The monoisotopic (exact) mass is 413 g/mol. The van der Waals surface area contributed by atoms with Crippen LogP contribution in [0.3, 0.4) is 0 Å². The van der Waals surface area contributed by atoms with Crippen molar-refractivity contribution in [2.45, 2.75) is 46.7 Å². The second-order valence-electron chi connectivity index (χ2n) is 8.08. The third kappa shape index (κ3) is 5.81. The van der Waals surface area contributed by atoms with Crippen molar-refractivity contribution in [2.24, 2.45) is 5.92 Å². The van der Waals surface area contributed by atoms with Gasteiger partial charge < -0.3 is 15.1 Å². The molecule has 0 fully saturated rings. The van der Waals surface area contributed by atoms with E-state index in [2.05, 4.69) is 12.2 Å². The summed E-state index contributed by atoms with van der Waals surface area (Å²) in [6, 6.07) is 11.3. The van der Waals surface area contributed by atoms with Crippen molar-refractivity contribution in [3.63, 3.8) is 0 Å². The lowest BCUT2D eigenvalue weighted by Crippen LogP contribution is -2.40. The molecule has 0 aromatic heterocycles. The molecule has 1 atom stereocenters. The minimum atomic E-state index is -0.456. The van der Waals surface area contributed by atoms with E-state index in [9.17, 15) is 14.0 Å². The fourth-order valence-corrected chi connectivity index (χ4v) is 3.25. The molecule has 0 saturated carbocycles. The van der Waals surface area contributed by atoms with Crippen LogP contribution in [0.5, 0.6) is 0 Å². The smallest absolute Gasteiger partial charge is 0.255 e. The number of hydrogen-bond donors (Lipinski definition) is 1. The second kappa shape index (κ2) is 10.2. The standard InChI is InChI=1S/C24H32FN3O2/c1-7-17(4)28(24(30)16(2)3)15-19-14-21(11-12-22(19)27(5)6)26-23(29)18-9-8-10-20(25)13-18/h8-14,16-17H,7,15H2,1-6H3,(H,26,29)/t17-/m0/s1. The minimum absolute atomic E-state index is 0.0976. The first-order valence-corrected chi connectivity index (χ1v) is 10.3. The Balaban J connectivity index is 2.35. The maximum atomic E-state index is 13.4. The van der Waals surface area contributed by atoms with E-state index in [1.165, 1.54) is 18.2 Å². The van der Waals surface area contributed by atoms with Gasteiger partial charge in [-0.05, 0) is 55.3 Å². The van der Waals surface area contributed by atoms with Gasteiger partial charge in [0.15, 0.2) is 0 Å². The lowest BCUT2D eigenvalue weighted by molar-refractivity contribution is -0.137. The third-order valence-electron chi connectivity index (χ3n) is 5.15. The molecule has 0 unspecified atom stereocenters.